The Morgan fingerprint density at radius 1 is 1.00 bits per heavy atom. The highest BCUT2D eigenvalue weighted by Gasteiger charge is 2.19. The van der Waals surface area contributed by atoms with E-state index in [0.29, 0.717) is 17.0 Å². The summed E-state index contributed by atoms with van der Waals surface area (Å²) in [7, 11) is 1.60. The molecule has 0 spiro atoms. The summed E-state index contributed by atoms with van der Waals surface area (Å²) in [5.41, 5.74) is 5.50. The lowest BCUT2D eigenvalue weighted by Crippen LogP contribution is -2.09. The average Bonchev–Trinajstić information content (AvgIpc) is 3.28. The first-order valence-electron chi connectivity index (χ1n) is 11.3. The molecular weight excluding hydrogens is 441 g/mol. The first kappa shape index (κ1) is 22.4. The van der Waals surface area contributed by atoms with Crippen molar-refractivity contribution >= 4 is 38.9 Å². The Morgan fingerprint density at radius 3 is 2.57 bits per heavy atom. The fourth-order valence-electron chi connectivity index (χ4n) is 4.47. The third-order valence-corrected chi connectivity index (χ3v) is 6.17. The number of furan rings is 1. The molecule has 0 aliphatic heterocycles. The maximum absolute atomic E-state index is 13.5. The van der Waals surface area contributed by atoms with Crippen LogP contribution in [0, 0.1) is 12.7 Å². The Kier molecular flexibility index (Phi) is 5.83. The second-order valence-electron chi connectivity index (χ2n) is 8.50. The molecule has 0 radical (unpaired) electrons. The highest BCUT2D eigenvalue weighted by Crippen LogP contribution is 2.41. The molecule has 0 bridgehead atoms. The van der Waals surface area contributed by atoms with Crippen LogP contribution in [-0.2, 0) is 4.79 Å². The minimum absolute atomic E-state index is 0.352. The third kappa shape index (κ3) is 4.28. The van der Waals surface area contributed by atoms with Gasteiger partial charge in [-0.3, -0.25) is 4.79 Å². The number of rotatable bonds is 5. The van der Waals surface area contributed by atoms with Gasteiger partial charge >= 0.3 is 0 Å². The molecule has 4 aromatic carbocycles. The van der Waals surface area contributed by atoms with E-state index in [0.717, 1.165) is 38.6 Å². The lowest BCUT2D eigenvalue weighted by atomic mass is 9.95. The molecule has 4 nitrogen and oxygen atoms in total. The van der Waals surface area contributed by atoms with E-state index in [9.17, 15) is 9.18 Å². The number of carbonyl (C=O) groups is 1. The van der Waals surface area contributed by atoms with Crippen LogP contribution in [0.1, 0.15) is 18.1 Å². The molecule has 5 rings (SSSR count). The van der Waals surface area contributed by atoms with Crippen LogP contribution < -0.4 is 10.1 Å². The molecule has 0 fully saturated rings. The number of fused-ring (bicyclic) bond motifs is 2. The second-order valence-corrected chi connectivity index (χ2v) is 8.50. The van der Waals surface area contributed by atoms with Gasteiger partial charge in [0, 0.05) is 33.8 Å². The summed E-state index contributed by atoms with van der Waals surface area (Å²) in [5, 5.41) is 5.96. The van der Waals surface area contributed by atoms with Gasteiger partial charge in [-0.15, -0.1) is 0 Å². The summed E-state index contributed by atoms with van der Waals surface area (Å²) in [6.07, 6.45) is 3.25. The number of hydrogen-bond acceptors (Lipinski definition) is 3. The van der Waals surface area contributed by atoms with Gasteiger partial charge in [0.1, 0.15) is 17.1 Å². The van der Waals surface area contributed by atoms with Crippen LogP contribution in [0.15, 0.2) is 89.6 Å². The van der Waals surface area contributed by atoms with Gasteiger partial charge in [0.2, 0.25) is 5.91 Å². The molecule has 5 aromatic rings. The Labute approximate surface area is 202 Å². The van der Waals surface area contributed by atoms with Crippen molar-refractivity contribution in [1.82, 2.24) is 0 Å². The first-order valence-corrected chi connectivity index (χ1v) is 11.3. The zero-order chi connectivity index (χ0) is 24.5. The largest absolute Gasteiger partial charge is 0.496 e. The van der Waals surface area contributed by atoms with Crippen molar-refractivity contribution in [2.24, 2.45) is 0 Å². The van der Waals surface area contributed by atoms with Crippen molar-refractivity contribution < 1.29 is 18.3 Å². The number of nitrogens with one attached hydrogen (secondary N) is 1. The number of halogens is 1. The van der Waals surface area contributed by atoms with Gasteiger partial charge in [0.15, 0.2) is 0 Å². The SMILES string of the molecule is COc1c(/C(C)=C/C(=O)Nc2cccc(F)c2)cc2c(-c3ccc4ccccc4c3)coc2c1C. The second kappa shape index (κ2) is 9.11. The topological polar surface area (TPSA) is 51.5 Å². The lowest BCUT2D eigenvalue weighted by Gasteiger charge is -2.13. The maximum Gasteiger partial charge on any atom is 0.248 e. The lowest BCUT2D eigenvalue weighted by molar-refractivity contribution is -0.111. The number of ether oxygens (including phenoxy) is 1. The van der Waals surface area contributed by atoms with Crippen molar-refractivity contribution in [1.29, 1.82) is 0 Å². The average molecular weight is 466 g/mol. The van der Waals surface area contributed by atoms with Crippen molar-refractivity contribution in [2.75, 3.05) is 12.4 Å². The zero-order valence-electron chi connectivity index (χ0n) is 19.7. The summed E-state index contributed by atoms with van der Waals surface area (Å²) >= 11 is 0. The van der Waals surface area contributed by atoms with E-state index in [4.69, 9.17) is 9.15 Å². The van der Waals surface area contributed by atoms with E-state index in [1.165, 1.54) is 23.6 Å². The van der Waals surface area contributed by atoms with Crippen molar-refractivity contribution in [3.05, 3.63) is 102 Å². The van der Waals surface area contributed by atoms with Gasteiger partial charge in [-0.1, -0.05) is 42.5 Å². The maximum atomic E-state index is 13.5. The van der Waals surface area contributed by atoms with Crippen molar-refractivity contribution in [3.63, 3.8) is 0 Å². The number of allylic oxidation sites excluding steroid dienone is 1. The Bertz CT molecular complexity index is 1610. The Morgan fingerprint density at radius 2 is 1.80 bits per heavy atom. The molecule has 1 amide bonds. The summed E-state index contributed by atoms with van der Waals surface area (Å²) in [6.45, 7) is 3.79. The van der Waals surface area contributed by atoms with Crippen molar-refractivity contribution in [3.8, 4) is 16.9 Å². The molecule has 1 aromatic heterocycles. The minimum atomic E-state index is -0.410. The number of hydrogen-bond donors (Lipinski definition) is 1. The van der Waals surface area contributed by atoms with Crippen LogP contribution in [0.5, 0.6) is 5.75 Å². The molecule has 1 heterocycles. The number of anilines is 1. The third-order valence-electron chi connectivity index (χ3n) is 6.17. The number of carbonyl (C=O) groups excluding carboxylic acids is 1. The first-order chi connectivity index (χ1) is 16.9. The number of aryl methyl sites for hydroxylation is 1. The Balaban J connectivity index is 1.58. The van der Waals surface area contributed by atoms with Crippen LogP contribution in [0.4, 0.5) is 10.1 Å². The molecule has 0 saturated carbocycles. The van der Waals surface area contributed by atoms with Crippen LogP contribution in [0.3, 0.4) is 0 Å². The van der Waals surface area contributed by atoms with E-state index in [2.05, 4.69) is 35.6 Å². The van der Waals surface area contributed by atoms with Gasteiger partial charge < -0.3 is 14.5 Å². The predicted octanol–water partition coefficient (Wildman–Crippen LogP) is 7.75. The molecular formula is C30H24FNO3. The number of benzene rings is 4. The molecule has 1 N–H and O–H groups in total. The Hall–Kier alpha value is -4.38. The molecule has 0 aliphatic carbocycles. The zero-order valence-corrected chi connectivity index (χ0v) is 19.7. The molecule has 0 saturated heterocycles. The van der Waals surface area contributed by atoms with Gasteiger partial charge in [-0.25, -0.2) is 4.39 Å². The molecule has 174 valence electrons. The number of methoxy groups -OCH3 is 1. The van der Waals surface area contributed by atoms with Crippen LogP contribution in [-0.4, -0.2) is 13.0 Å². The van der Waals surface area contributed by atoms with E-state index in [-0.39, 0.29) is 5.91 Å². The molecule has 5 heteroatoms. The predicted molar refractivity (Wildman–Crippen MR) is 139 cm³/mol. The van der Waals surface area contributed by atoms with Crippen molar-refractivity contribution in [2.45, 2.75) is 13.8 Å². The fourth-order valence-corrected chi connectivity index (χ4v) is 4.47. The van der Waals surface area contributed by atoms with E-state index in [1.807, 2.05) is 32.0 Å². The molecule has 35 heavy (non-hydrogen) atoms. The normalized spacial score (nSPS) is 11.7. The summed E-state index contributed by atoms with van der Waals surface area (Å²) in [4.78, 5) is 12.6. The van der Waals surface area contributed by atoms with Gasteiger partial charge in [0.05, 0.1) is 13.4 Å². The quantitative estimate of drug-likeness (QED) is 0.270. The van der Waals surface area contributed by atoms with Gasteiger partial charge in [-0.2, -0.15) is 0 Å². The van der Waals surface area contributed by atoms with E-state index in [1.54, 1.807) is 25.5 Å². The monoisotopic (exact) mass is 465 g/mol. The molecule has 0 atom stereocenters. The minimum Gasteiger partial charge on any atom is -0.496 e. The van der Waals surface area contributed by atoms with Crippen LogP contribution in [0.2, 0.25) is 0 Å². The summed E-state index contributed by atoms with van der Waals surface area (Å²) < 4.78 is 25.2. The summed E-state index contributed by atoms with van der Waals surface area (Å²) in [5.74, 6) is -0.119. The van der Waals surface area contributed by atoms with E-state index >= 15 is 0 Å². The van der Waals surface area contributed by atoms with Gasteiger partial charge in [-0.05, 0) is 66.1 Å². The van der Waals surface area contributed by atoms with Crippen LogP contribution in [0.25, 0.3) is 38.4 Å². The smallest absolute Gasteiger partial charge is 0.248 e. The highest BCUT2D eigenvalue weighted by atomic mass is 19.1. The number of amides is 1. The standard InChI is InChI=1S/C30H24FNO3/c1-18(13-28(33)32-24-10-6-9-23(31)15-24)25-16-26-27(17-35-30(26)19(2)29(25)34-3)22-12-11-20-7-4-5-8-21(20)14-22/h4-17H,1-3H3,(H,32,33)/b18-13+. The van der Waals surface area contributed by atoms with Gasteiger partial charge in [0.25, 0.3) is 0 Å². The summed E-state index contributed by atoms with van der Waals surface area (Å²) in [6, 6.07) is 22.3. The fraction of sp³-hybridized carbons (Fsp3) is 0.100. The molecule has 0 unspecified atom stereocenters. The van der Waals surface area contributed by atoms with E-state index < -0.39 is 5.82 Å². The molecule has 0 aliphatic rings. The highest BCUT2D eigenvalue weighted by molar-refractivity contribution is 6.06. The van der Waals surface area contributed by atoms with Crippen LogP contribution >= 0.6 is 0 Å².